The fourth-order valence-corrected chi connectivity index (χ4v) is 3.09. The fraction of sp³-hybridized carbons (Fsp3) is 0.579. The van der Waals surface area contributed by atoms with Crippen LogP contribution in [-0.2, 0) is 9.59 Å². The van der Waals surface area contributed by atoms with E-state index in [2.05, 4.69) is 4.90 Å². The summed E-state index contributed by atoms with van der Waals surface area (Å²) in [5.41, 5.74) is 0. The molecule has 1 fully saturated rings. The van der Waals surface area contributed by atoms with Crippen molar-refractivity contribution in [2.75, 3.05) is 33.8 Å². The first-order valence-corrected chi connectivity index (χ1v) is 8.82. The molecular formula is C19H28N2O4. The first-order valence-electron chi connectivity index (χ1n) is 8.82. The molecule has 0 unspecified atom stereocenters. The van der Waals surface area contributed by atoms with Gasteiger partial charge < -0.3 is 19.6 Å². The van der Waals surface area contributed by atoms with E-state index < -0.39 is 11.9 Å². The molecule has 0 aliphatic carbocycles. The minimum Gasteiger partial charge on any atom is -0.494 e. The Kier molecular flexibility index (Phi) is 7.25. The predicted octanol–water partition coefficient (Wildman–Crippen LogP) is 2.10. The van der Waals surface area contributed by atoms with Gasteiger partial charge in [0.1, 0.15) is 5.75 Å². The number of amides is 1. The Morgan fingerprint density at radius 2 is 1.92 bits per heavy atom. The Labute approximate surface area is 149 Å². The molecule has 6 nitrogen and oxygen atoms in total. The molecule has 1 heterocycles. The molecule has 2 rings (SSSR count). The Morgan fingerprint density at radius 1 is 1.20 bits per heavy atom. The van der Waals surface area contributed by atoms with Gasteiger partial charge in [-0.25, -0.2) is 0 Å². The number of hydrogen-bond acceptors (Lipinski definition) is 4. The minimum atomic E-state index is -0.815. The number of rotatable bonds is 7. The van der Waals surface area contributed by atoms with E-state index in [0.29, 0.717) is 39.0 Å². The van der Waals surface area contributed by atoms with Crippen LogP contribution in [0.1, 0.15) is 25.7 Å². The van der Waals surface area contributed by atoms with Gasteiger partial charge in [0.2, 0.25) is 5.91 Å². The third-order valence-electron chi connectivity index (χ3n) is 4.70. The van der Waals surface area contributed by atoms with Crippen LogP contribution in [0.3, 0.4) is 0 Å². The summed E-state index contributed by atoms with van der Waals surface area (Å²) in [4.78, 5) is 27.7. The second-order valence-corrected chi connectivity index (χ2v) is 6.79. The SMILES string of the molecule is CN(C)[C@@H]1CC[C@H](C(=O)O)CN(C(=O)CCCOc2ccccc2)C1. The van der Waals surface area contributed by atoms with E-state index in [-0.39, 0.29) is 11.9 Å². The number of likely N-dealkylation sites (N-methyl/N-ethyl adjacent to an activating group) is 1. The van der Waals surface area contributed by atoms with Crippen LogP contribution in [0.15, 0.2) is 30.3 Å². The van der Waals surface area contributed by atoms with Gasteiger partial charge in [0, 0.05) is 25.6 Å². The molecule has 2 atom stereocenters. The average molecular weight is 348 g/mol. The summed E-state index contributed by atoms with van der Waals surface area (Å²) < 4.78 is 5.61. The smallest absolute Gasteiger partial charge is 0.308 e. The van der Waals surface area contributed by atoms with E-state index >= 15 is 0 Å². The number of carboxylic acid groups (broad SMARTS) is 1. The zero-order valence-electron chi connectivity index (χ0n) is 15.1. The molecule has 1 aliphatic rings. The number of ether oxygens (including phenoxy) is 1. The lowest BCUT2D eigenvalue weighted by Gasteiger charge is -2.29. The summed E-state index contributed by atoms with van der Waals surface area (Å²) in [5.74, 6) is -0.487. The molecule has 25 heavy (non-hydrogen) atoms. The first kappa shape index (κ1) is 19.2. The van der Waals surface area contributed by atoms with Crippen LogP contribution in [0.2, 0.25) is 0 Å². The van der Waals surface area contributed by atoms with Crippen molar-refractivity contribution >= 4 is 11.9 Å². The normalized spacial score (nSPS) is 21.0. The van der Waals surface area contributed by atoms with Crippen molar-refractivity contribution < 1.29 is 19.4 Å². The lowest BCUT2D eigenvalue weighted by molar-refractivity contribution is -0.143. The van der Waals surface area contributed by atoms with Gasteiger partial charge in [-0.3, -0.25) is 9.59 Å². The van der Waals surface area contributed by atoms with Crippen molar-refractivity contribution in [2.45, 2.75) is 31.7 Å². The molecule has 0 bridgehead atoms. The molecule has 138 valence electrons. The van der Waals surface area contributed by atoms with E-state index in [0.717, 1.165) is 12.2 Å². The van der Waals surface area contributed by atoms with Crippen LogP contribution < -0.4 is 4.74 Å². The quantitative estimate of drug-likeness (QED) is 0.764. The maximum absolute atomic E-state index is 12.6. The Bertz CT molecular complexity index is 562. The number of hydrogen-bond donors (Lipinski definition) is 1. The molecule has 0 spiro atoms. The molecule has 0 saturated carbocycles. The molecule has 1 aromatic rings. The van der Waals surface area contributed by atoms with Crippen LogP contribution in [0.25, 0.3) is 0 Å². The standard InChI is InChI=1S/C19H28N2O4/c1-20(2)16-11-10-15(19(23)24)13-21(14-16)18(22)9-6-12-25-17-7-4-3-5-8-17/h3-5,7-8,15-16H,6,9-14H2,1-2H3,(H,23,24)/t15-,16+/m0/s1. The van der Waals surface area contributed by atoms with Crippen LogP contribution in [0.4, 0.5) is 0 Å². The van der Waals surface area contributed by atoms with E-state index in [1.165, 1.54) is 0 Å². The van der Waals surface area contributed by atoms with Crippen molar-refractivity contribution in [3.63, 3.8) is 0 Å². The number of carbonyl (C=O) groups excluding carboxylic acids is 1. The molecule has 1 amide bonds. The maximum atomic E-state index is 12.6. The van der Waals surface area contributed by atoms with Crippen LogP contribution in [-0.4, -0.2) is 66.6 Å². The van der Waals surface area contributed by atoms with Gasteiger partial charge in [-0.05, 0) is 45.5 Å². The van der Waals surface area contributed by atoms with Gasteiger partial charge in [0.05, 0.1) is 12.5 Å². The second-order valence-electron chi connectivity index (χ2n) is 6.79. The van der Waals surface area contributed by atoms with E-state index in [4.69, 9.17) is 4.74 Å². The summed E-state index contributed by atoms with van der Waals surface area (Å²) in [6.45, 7) is 1.37. The van der Waals surface area contributed by atoms with Crippen LogP contribution in [0.5, 0.6) is 5.75 Å². The number of carbonyl (C=O) groups is 2. The maximum Gasteiger partial charge on any atom is 0.308 e. The summed E-state index contributed by atoms with van der Waals surface area (Å²) in [6, 6.07) is 9.71. The van der Waals surface area contributed by atoms with Gasteiger partial charge >= 0.3 is 5.97 Å². The second kappa shape index (κ2) is 9.42. The van der Waals surface area contributed by atoms with Gasteiger partial charge in [-0.2, -0.15) is 0 Å². The lowest BCUT2D eigenvalue weighted by atomic mass is 10.0. The third kappa shape index (κ3) is 6.05. The molecule has 1 aliphatic heterocycles. The highest BCUT2D eigenvalue weighted by atomic mass is 16.5. The average Bonchev–Trinajstić information content (AvgIpc) is 2.83. The van der Waals surface area contributed by atoms with E-state index in [1.54, 1.807) is 4.90 Å². The Morgan fingerprint density at radius 3 is 2.56 bits per heavy atom. The van der Waals surface area contributed by atoms with E-state index in [1.807, 2.05) is 44.4 Å². The third-order valence-corrected chi connectivity index (χ3v) is 4.70. The molecule has 6 heteroatoms. The highest BCUT2D eigenvalue weighted by molar-refractivity contribution is 5.77. The highest BCUT2D eigenvalue weighted by Gasteiger charge is 2.31. The summed E-state index contributed by atoms with van der Waals surface area (Å²) in [5, 5.41) is 9.36. The number of para-hydroxylation sites is 1. The number of likely N-dealkylation sites (tertiary alicyclic amines) is 1. The highest BCUT2D eigenvalue weighted by Crippen LogP contribution is 2.20. The van der Waals surface area contributed by atoms with Gasteiger partial charge in [-0.15, -0.1) is 0 Å². The predicted molar refractivity (Wildman–Crippen MR) is 95.6 cm³/mol. The fourth-order valence-electron chi connectivity index (χ4n) is 3.09. The summed E-state index contributed by atoms with van der Waals surface area (Å²) in [7, 11) is 3.95. The van der Waals surface area contributed by atoms with E-state index in [9.17, 15) is 14.7 Å². The topological polar surface area (TPSA) is 70.1 Å². The zero-order valence-corrected chi connectivity index (χ0v) is 15.1. The van der Waals surface area contributed by atoms with Crippen molar-refractivity contribution in [2.24, 2.45) is 5.92 Å². The minimum absolute atomic E-state index is 0.0108. The van der Waals surface area contributed by atoms with Crippen LogP contribution in [0, 0.1) is 5.92 Å². The summed E-state index contributed by atoms with van der Waals surface area (Å²) >= 11 is 0. The molecule has 0 radical (unpaired) electrons. The number of carboxylic acids is 1. The van der Waals surface area contributed by atoms with Gasteiger partial charge in [0.25, 0.3) is 0 Å². The Balaban J connectivity index is 1.85. The molecule has 1 saturated heterocycles. The molecular weight excluding hydrogens is 320 g/mol. The largest absolute Gasteiger partial charge is 0.494 e. The summed E-state index contributed by atoms with van der Waals surface area (Å²) in [6.07, 6.45) is 2.40. The van der Waals surface area contributed by atoms with Crippen molar-refractivity contribution in [3.8, 4) is 5.75 Å². The van der Waals surface area contributed by atoms with Crippen molar-refractivity contribution in [1.29, 1.82) is 0 Å². The molecule has 0 aromatic heterocycles. The number of benzene rings is 1. The first-order chi connectivity index (χ1) is 12.0. The number of nitrogens with zero attached hydrogens (tertiary/aromatic N) is 2. The van der Waals surface area contributed by atoms with Gasteiger partial charge in [0.15, 0.2) is 0 Å². The number of aliphatic carboxylic acids is 1. The van der Waals surface area contributed by atoms with Crippen LogP contribution >= 0.6 is 0 Å². The molecule has 1 aromatic carbocycles. The van der Waals surface area contributed by atoms with Crippen molar-refractivity contribution in [1.82, 2.24) is 9.80 Å². The zero-order chi connectivity index (χ0) is 18.2. The van der Waals surface area contributed by atoms with Gasteiger partial charge in [-0.1, -0.05) is 18.2 Å². The van der Waals surface area contributed by atoms with Crippen molar-refractivity contribution in [3.05, 3.63) is 30.3 Å². The molecule has 1 N–H and O–H groups in total. The lowest BCUT2D eigenvalue weighted by Crippen LogP contribution is -2.43. The Hall–Kier alpha value is -2.08. The monoisotopic (exact) mass is 348 g/mol.